The Labute approximate surface area is 180 Å². The molecule has 0 aliphatic rings. The summed E-state index contributed by atoms with van der Waals surface area (Å²) in [5.41, 5.74) is 1.52. The minimum atomic E-state index is -0.515. The van der Waals surface area contributed by atoms with E-state index in [9.17, 15) is 9.59 Å². The number of hydrogen-bond donors (Lipinski definition) is 2. The molecule has 2 heterocycles. The van der Waals surface area contributed by atoms with E-state index in [1.165, 1.54) is 12.3 Å². The van der Waals surface area contributed by atoms with Crippen LogP contribution in [0.3, 0.4) is 0 Å². The molecule has 0 spiro atoms. The van der Waals surface area contributed by atoms with Crippen LogP contribution in [0.2, 0.25) is 0 Å². The molecule has 2 aromatic carbocycles. The van der Waals surface area contributed by atoms with Gasteiger partial charge in [-0.3, -0.25) is 9.59 Å². The van der Waals surface area contributed by atoms with Crippen molar-refractivity contribution < 1.29 is 9.53 Å². The van der Waals surface area contributed by atoms with Gasteiger partial charge in [0.25, 0.3) is 11.5 Å². The Morgan fingerprint density at radius 1 is 0.967 bits per heavy atom. The molecule has 30 heavy (non-hydrogen) atoms. The lowest BCUT2D eigenvalue weighted by Gasteiger charge is -2.08. The second-order valence-electron chi connectivity index (χ2n) is 6.38. The smallest absolute Gasteiger partial charge is 0.261 e. The maximum Gasteiger partial charge on any atom is 0.261 e. The highest BCUT2D eigenvalue weighted by atomic mass is 79.9. The fourth-order valence-electron chi connectivity index (χ4n) is 2.80. The van der Waals surface area contributed by atoms with Crippen LogP contribution in [-0.4, -0.2) is 15.9 Å². The second kappa shape index (κ2) is 8.75. The number of aromatic amines is 1. The van der Waals surface area contributed by atoms with Crippen molar-refractivity contribution in [3.8, 4) is 22.9 Å². The molecular weight excluding hydrogens is 446 g/mol. The molecule has 0 aliphatic carbocycles. The van der Waals surface area contributed by atoms with E-state index < -0.39 is 11.5 Å². The third-order valence-electron chi connectivity index (χ3n) is 4.25. The largest absolute Gasteiger partial charge is 0.439 e. The highest BCUT2D eigenvalue weighted by Crippen LogP contribution is 2.23. The first-order chi connectivity index (χ1) is 14.6. The third-order valence-corrected chi connectivity index (χ3v) is 4.74. The van der Waals surface area contributed by atoms with Crippen molar-refractivity contribution in [2.24, 2.45) is 0 Å². The lowest BCUT2D eigenvalue weighted by atomic mass is 10.1. The van der Waals surface area contributed by atoms with Crippen molar-refractivity contribution in [2.45, 2.75) is 0 Å². The van der Waals surface area contributed by atoms with E-state index in [2.05, 4.69) is 31.2 Å². The third kappa shape index (κ3) is 4.64. The van der Waals surface area contributed by atoms with Crippen LogP contribution in [0.1, 0.15) is 10.4 Å². The van der Waals surface area contributed by atoms with E-state index >= 15 is 0 Å². The molecule has 2 N–H and O–H groups in total. The van der Waals surface area contributed by atoms with E-state index in [4.69, 9.17) is 4.74 Å². The predicted octanol–water partition coefficient (Wildman–Crippen LogP) is 5.24. The van der Waals surface area contributed by atoms with Gasteiger partial charge in [0, 0.05) is 16.2 Å². The number of anilines is 1. The van der Waals surface area contributed by atoms with Crippen molar-refractivity contribution in [2.75, 3.05) is 5.32 Å². The lowest BCUT2D eigenvalue weighted by Crippen LogP contribution is -2.23. The number of pyridine rings is 2. The predicted molar refractivity (Wildman–Crippen MR) is 119 cm³/mol. The Morgan fingerprint density at radius 3 is 2.50 bits per heavy atom. The number of amides is 1. The number of nitrogens with zero attached hydrogens (tertiary/aromatic N) is 1. The van der Waals surface area contributed by atoms with Gasteiger partial charge in [-0.15, -0.1) is 0 Å². The monoisotopic (exact) mass is 461 g/mol. The number of nitrogens with one attached hydrogen (secondary N) is 2. The Balaban J connectivity index is 1.45. The molecule has 0 aliphatic heterocycles. The van der Waals surface area contributed by atoms with Crippen LogP contribution in [0.4, 0.5) is 5.69 Å². The van der Waals surface area contributed by atoms with Gasteiger partial charge in [0.15, 0.2) is 0 Å². The molecule has 0 unspecified atom stereocenters. The molecule has 2 aromatic heterocycles. The molecular formula is C23H16BrN3O3. The van der Waals surface area contributed by atoms with Gasteiger partial charge in [-0.1, -0.05) is 52.3 Å². The zero-order valence-electron chi connectivity index (χ0n) is 15.6. The maximum atomic E-state index is 12.5. The Morgan fingerprint density at radius 2 is 1.80 bits per heavy atom. The summed E-state index contributed by atoms with van der Waals surface area (Å²) < 4.78 is 6.57. The summed E-state index contributed by atoms with van der Waals surface area (Å²) in [5.74, 6) is 0.508. The first kappa shape index (κ1) is 19.6. The van der Waals surface area contributed by atoms with Crippen LogP contribution >= 0.6 is 15.9 Å². The highest BCUT2D eigenvalue weighted by Gasteiger charge is 2.12. The number of hydrogen-bond acceptors (Lipinski definition) is 4. The fraction of sp³-hybridized carbons (Fsp3) is 0. The van der Waals surface area contributed by atoms with Crippen molar-refractivity contribution in [3.63, 3.8) is 0 Å². The quantitative estimate of drug-likeness (QED) is 0.425. The molecule has 7 heteroatoms. The molecule has 0 radical (unpaired) electrons. The molecule has 148 valence electrons. The average molecular weight is 462 g/mol. The lowest BCUT2D eigenvalue weighted by molar-refractivity contribution is 0.102. The van der Waals surface area contributed by atoms with Gasteiger partial charge in [-0.25, -0.2) is 4.98 Å². The summed E-state index contributed by atoms with van der Waals surface area (Å²) >= 11 is 3.38. The van der Waals surface area contributed by atoms with E-state index in [1.807, 2.05) is 54.6 Å². The van der Waals surface area contributed by atoms with Crippen molar-refractivity contribution >= 4 is 27.5 Å². The minimum absolute atomic E-state index is 0.0177. The molecule has 0 atom stereocenters. The summed E-state index contributed by atoms with van der Waals surface area (Å²) in [4.78, 5) is 31.8. The van der Waals surface area contributed by atoms with E-state index in [0.717, 1.165) is 10.0 Å². The Bertz CT molecular complexity index is 1240. The first-order valence-corrected chi connectivity index (χ1v) is 9.87. The molecule has 4 rings (SSSR count). The summed E-state index contributed by atoms with van der Waals surface area (Å²) in [6.45, 7) is 0. The van der Waals surface area contributed by atoms with Crippen molar-refractivity contribution in [1.82, 2.24) is 9.97 Å². The molecule has 0 saturated heterocycles. The Kier molecular flexibility index (Phi) is 5.72. The zero-order chi connectivity index (χ0) is 20.9. The number of benzene rings is 2. The number of rotatable bonds is 5. The Hall–Kier alpha value is -3.71. The zero-order valence-corrected chi connectivity index (χ0v) is 17.2. The minimum Gasteiger partial charge on any atom is -0.439 e. The number of ether oxygens (including phenoxy) is 1. The summed E-state index contributed by atoms with van der Waals surface area (Å²) in [6, 6.07) is 23.3. The number of aromatic nitrogens is 2. The number of halogens is 1. The van der Waals surface area contributed by atoms with Gasteiger partial charge in [0.2, 0.25) is 5.88 Å². The summed E-state index contributed by atoms with van der Waals surface area (Å²) in [5, 5.41) is 2.67. The van der Waals surface area contributed by atoms with Gasteiger partial charge in [0.1, 0.15) is 11.3 Å². The molecule has 4 aromatic rings. The van der Waals surface area contributed by atoms with Gasteiger partial charge >= 0.3 is 0 Å². The second-order valence-corrected chi connectivity index (χ2v) is 7.30. The first-order valence-electron chi connectivity index (χ1n) is 9.08. The number of carbonyl (C=O) groups is 1. The molecule has 0 bridgehead atoms. The molecule has 6 nitrogen and oxygen atoms in total. The average Bonchev–Trinajstić information content (AvgIpc) is 2.75. The summed E-state index contributed by atoms with van der Waals surface area (Å²) in [7, 11) is 0. The van der Waals surface area contributed by atoms with Gasteiger partial charge in [-0.05, 0) is 42.0 Å². The molecule has 0 fully saturated rings. The van der Waals surface area contributed by atoms with Gasteiger partial charge in [0.05, 0.1) is 11.9 Å². The molecule has 1 amide bonds. The van der Waals surface area contributed by atoms with Crippen LogP contribution in [0.15, 0.2) is 94.3 Å². The van der Waals surface area contributed by atoms with Crippen molar-refractivity contribution in [1.29, 1.82) is 0 Å². The van der Waals surface area contributed by atoms with Crippen LogP contribution in [0.25, 0.3) is 11.3 Å². The SMILES string of the molecule is O=C(Nc1ccc(Oc2cccc(Br)c2)nc1)c1ccc(-c2ccccc2)[nH]c1=O. The summed E-state index contributed by atoms with van der Waals surface area (Å²) in [6.07, 6.45) is 1.47. The van der Waals surface area contributed by atoms with Crippen molar-refractivity contribution in [3.05, 3.63) is 105 Å². The van der Waals surface area contributed by atoms with E-state index in [1.54, 1.807) is 18.2 Å². The normalized spacial score (nSPS) is 10.4. The number of carbonyl (C=O) groups excluding carboxylic acids is 1. The fourth-order valence-corrected chi connectivity index (χ4v) is 3.18. The van der Waals surface area contributed by atoms with Crippen LogP contribution in [-0.2, 0) is 0 Å². The van der Waals surface area contributed by atoms with E-state index in [-0.39, 0.29) is 5.56 Å². The highest BCUT2D eigenvalue weighted by molar-refractivity contribution is 9.10. The molecule has 0 saturated carbocycles. The standard InChI is InChI=1S/C23H16BrN3O3/c24-16-7-4-8-18(13-16)30-21-12-9-17(14-25-21)26-22(28)19-10-11-20(27-23(19)29)15-5-2-1-3-6-15/h1-14H,(H,26,28)(H,27,29). The van der Waals surface area contributed by atoms with E-state index in [0.29, 0.717) is 23.0 Å². The van der Waals surface area contributed by atoms with Gasteiger partial charge in [-0.2, -0.15) is 0 Å². The van der Waals surface area contributed by atoms with Crippen LogP contribution in [0, 0.1) is 0 Å². The van der Waals surface area contributed by atoms with Gasteiger partial charge < -0.3 is 15.0 Å². The van der Waals surface area contributed by atoms with Crippen LogP contribution < -0.4 is 15.6 Å². The maximum absolute atomic E-state index is 12.5. The topological polar surface area (TPSA) is 84.1 Å². The van der Waals surface area contributed by atoms with Crippen LogP contribution in [0.5, 0.6) is 11.6 Å². The number of H-pyrrole nitrogens is 1.